The zero-order valence-corrected chi connectivity index (χ0v) is 13.4. The van der Waals surface area contributed by atoms with Crippen LogP contribution in [0.1, 0.15) is 15.9 Å². The lowest BCUT2D eigenvalue weighted by Crippen LogP contribution is -2.15. The number of nitrogens with zero attached hydrogens (tertiary/aromatic N) is 2. The number of hydrogen-bond acceptors (Lipinski definition) is 5. The third kappa shape index (κ3) is 2.80. The highest BCUT2D eigenvalue weighted by molar-refractivity contribution is 5.98. The van der Waals surface area contributed by atoms with Crippen molar-refractivity contribution in [3.05, 3.63) is 47.5 Å². The van der Waals surface area contributed by atoms with Crippen molar-refractivity contribution in [1.29, 1.82) is 0 Å². The molecule has 0 saturated heterocycles. The summed E-state index contributed by atoms with van der Waals surface area (Å²) in [7, 11) is 0. The van der Waals surface area contributed by atoms with E-state index in [1.54, 1.807) is 24.3 Å². The molecule has 1 aliphatic rings. The molecule has 7 heteroatoms. The Hall–Kier alpha value is -3.35. The summed E-state index contributed by atoms with van der Waals surface area (Å²) < 4.78 is 11.1. The van der Waals surface area contributed by atoms with E-state index in [0.717, 1.165) is 5.56 Å². The van der Waals surface area contributed by atoms with Crippen LogP contribution in [0.25, 0.3) is 10.9 Å². The van der Waals surface area contributed by atoms with Crippen LogP contribution in [0.3, 0.4) is 0 Å². The lowest BCUT2D eigenvalue weighted by molar-refractivity contribution is 0.0995. The number of amides is 1. The number of nitrogens with one attached hydrogen (secondary N) is 1. The summed E-state index contributed by atoms with van der Waals surface area (Å²) in [5.74, 6) is 0.516. The van der Waals surface area contributed by atoms with Crippen molar-refractivity contribution in [3.63, 3.8) is 0 Å². The van der Waals surface area contributed by atoms with Crippen molar-refractivity contribution in [3.8, 4) is 17.4 Å². The van der Waals surface area contributed by atoms with E-state index in [9.17, 15) is 9.90 Å². The minimum Gasteiger partial charge on any atom is -0.493 e. The zero-order valence-electron chi connectivity index (χ0n) is 13.4. The van der Waals surface area contributed by atoms with Crippen molar-refractivity contribution in [1.82, 2.24) is 4.98 Å². The molecule has 4 rings (SSSR count). The van der Waals surface area contributed by atoms with E-state index in [1.165, 1.54) is 0 Å². The molecule has 0 bridgehead atoms. The van der Waals surface area contributed by atoms with Gasteiger partial charge in [0.25, 0.3) is 5.91 Å². The van der Waals surface area contributed by atoms with Crippen molar-refractivity contribution in [2.75, 3.05) is 13.2 Å². The Balaban J connectivity index is 1.69. The van der Waals surface area contributed by atoms with E-state index in [2.05, 4.69) is 15.2 Å². The van der Waals surface area contributed by atoms with Crippen molar-refractivity contribution in [2.45, 2.75) is 6.92 Å². The summed E-state index contributed by atoms with van der Waals surface area (Å²) in [6.45, 7) is 2.87. The second kappa shape index (κ2) is 5.94. The van der Waals surface area contributed by atoms with Crippen LogP contribution >= 0.6 is 0 Å². The van der Waals surface area contributed by atoms with Crippen molar-refractivity contribution >= 4 is 22.5 Å². The molecule has 0 atom stereocenters. The molecule has 7 nitrogen and oxygen atoms in total. The summed E-state index contributed by atoms with van der Waals surface area (Å²) >= 11 is 0. The number of fused-ring (bicyclic) bond motifs is 2. The third-order valence-electron chi connectivity index (χ3n) is 3.95. The molecule has 0 fully saturated rings. The molecule has 0 saturated carbocycles. The second-order valence-electron chi connectivity index (χ2n) is 5.73. The van der Waals surface area contributed by atoms with E-state index < -0.39 is 5.91 Å². The normalized spacial score (nSPS) is 13.5. The molecular weight excluding hydrogens is 322 g/mol. The van der Waals surface area contributed by atoms with Crippen molar-refractivity contribution in [2.24, 2.45) is 10.2 Å². The fourth-order valence-corrected chi connectivity index (χ4v) is 2.65. The standard InChI is InChI=1S/C18H15N3O4/c1-10-2-4-11(5-3-10)17(22)21-20-16-12-8-14-15(25-7-6-24-14)9-13(12)19-18(16)23/h2-5,8-9,19,23H,6-7H2,1H3. The molecule has 3 aromatic rings. The lowest BCUT2D eigenvalue weighted by atomic mass is 10.1. The molecule has 1 amide bonds. The van der Waals surface area contributed by atoms with E-state index in [4.69, 9.17) is 9.47 Å². The SMILES string of the molecule is Cc1ccc(C(=O)N=Nc2c(O)[nH]c3cc4c(cc23)OCCO4)cc1. The predicted molar refractivity (Wildman–Crippen MR) is 91.0 cm³/mol. The number of aryl methyl sites for hydroxylation is 1. The van der Waals surface area contributed by atoms with E-state index in [-0.39, 0.29) is 11.6 Å². The van der Waals surface area contributed by atoms with Crippen LogP contribution in [0.2, 0.25) is 0 Å². The first kappa shape index (κ1) is 15.2. The third-order valence-corrected chi connectivity index (χ3v) is 3.95. The van der Waals surface area contributed by atoms with Gasteiger partial charge < -0.3 is 19.6 Å². The maximum atomic E-state index is 12.1. The van der Waals surface area contributed by atoms with Crippen LogP contribution in [0, 0.1) is 6.92 Å². The first-order valence-corrected chi connectivity index (χ1v) is 7.79. The van der Waals surface area contributed by atoms with Gasteiger partial charge in [0.05, 0.1) is 5.52 Å². The molecular formula is C18H15N3O4. The predicted octanol–water partition coefficient (Wildman–Crippen LogP) is 3.88. The van der Waals surface area contributed by atoms with Crippen molar-refractivity contribution < 1.29 is 19.4 Å². The fourth-order valence-electron chi connectivity index (χ4n) is 2.65. The Morgan fingerprint density at radius 2 is 1.80 bits per heavy atom. The zero-order chi connectivity index (χ0) is 17.4. The molecule has 0 spiro atoms. The number of hydrogen-bond donors (Lipinski definition) is 2. The van der Waals surface area contributed by atoms with Gasteiger partial charge in [0.2, 0.25) is 5.88 Å². The minimum atomic E-state index is -0.480. The summed E-state index contributed by atoms with van der Waals surface area (Å²) in [6, 6.07) is 10.5. The van der Waals surface area contributed by atoms with Gasteiger partial charge in [-0.25, -0.2) is 0 Å². The summed E-state index contributed by atoms with van der Waals surface area (Å²) in [4.78, 5) is 14.9. The topological polar surface area (TPSA) is 96.3 Å². The minimum absolute atomic E-state index is 0.169. The number of aromatic hydroxyl groups is 1. The summed E-state index contributed by atoms with van der Waals surface area (Å²) in [6.07, 6.45) is 0. The molecule has 1 aromatic heterocycles. The van der Waals surface area contributed by atoms with Gasteiger partial charge in [-0.05, 0) is 25.1 Å². The molecule has 2 N–H and O–H groups in total. The van der Waals surface area contributed by atoms with Gasteiger partial charge in [0.15, 0.2) is 17.2 Å². The number of ether oxygens (including phenoxy) is 2. The molecule has 25 heavy (non-hydrogen) atoms. The van der Waals surface area contributed by atoms with Crippen LogP contribution in [0.5, 0.6) is 17.4 Å². The number of carbonyl (C=O) groups is 1. The Bertz CT molecular complexity index is 990. The first-order chi connectivity index (χ1) is 12.1. The highest BCUT2D eigenvalue weighted by Crippen LogP contribution is 2.42. The Kier molecular flexibility index (Phi) is 3.61. The van der Waals surface area contributed by atoms with E-state index >= 15 is 0 Å². The fraction of sp³-hybridized carbons (Fsp3) is 0.167. The van der Waals surface area contributed by atoms with E-state index in [0.29, 0.717) is 41.2 Å². The average molecular weight is 337 g/mol. The quantitative estimate of drug-likeness (QED) is 0.694. The summed E-state index contributed by atoms with van der Waals surface area (Å²) in [5.41, 5.74) is 2.29. The largest absolute Gasteiger partial charge is 0.493 e. The Morgan fingerprint density at radius 1 is 1.12 bits per heavy atom. The second-order valence-corrected chi connectivity index (χ2v) is 5.73. The van der Waals surface area contributed by atoms with Gasteiger partial charge in [0, 0.05) is 17.0 Å². The van der Waals surface area contributed by atoms with Gasteiger partial charge in [-0.15, -0.1) is 10.2 Å². The number of H-pyrrole nitrogens is 1. The molecule has 0 unspecified atom stereocenters. The maximum absolute atomic E-state index is 12.1. The van der Waals surface area contributed by atoms with Gasteiger partial charge in [-0.3, -0.25) is 4.79 Å². The number of azo groups is 1. The van der Waals surface area contributed by atoms with Crippen LogP contribution < -0.4 is 9.47 Å². The lowest BCUT2D eigenvalue weighted by Gasteiger charge is -2.17. The molecule has 0 aliphatic carbocycles. The Morgan fingerprint density at radius 3 is 2.52 bits per heavy atom. The number of carbonyl (C=O) groups excluding carboxylic acids is 1. The molecule has 2 aromatic carbocycles. The smallest absolute Gasteiger partial charge is 0.295 e. The number of aromatic amines is 1. The van der Waals surface area contributed by atoms with Crippen LogP contribution in [0.4, 0.5) is 5.69 Å². The highest BCUT2D eigenvalue weighted by atomic mass is 16.6. The van der Waals surface area contributed by atoms with Crippen LogP contribution in [-0.4, -0.2) is 29.2 Å². The number of aromatic nitrogens is 1. The Labute approximate surface area is 142 Å². The molecule has 1 aliphatic heterocycles. The van der Waals surface area contributed by atoms with Gasteiger partial charge in [-0.1, -0.05) is 17.7 Å². The molecule has 126 valence electrons. The molecule has 2 heterocycles. The van der Waals surface area contributed by atoms with E-state index in [1.807, 2.05) is 19.1 Å². The first-order valence-electron chi connectivity index (χ1n) is 7.79. The number of rotatable bonds is 2. The average Bonchev–Trinajstić information content (AvgIpc) is 2.92. The monoisotopic (exact) mass is 337 g/mol. The van der Waals surface area contributed by atoms with Gasteiger partial charge >= 0.3 is 0 Å². The van der Waals surface area contributed by atoms with Crippen LogP contribution in [0.15, 0.2) is 46.6 Å². The van der Waals surface area contributed by atoms with Gasteiger partial charge in [0.1, 0.15) is 13.2 Å². The highest BCUT2D eigenvalue weighted by Gasteiger charge is 2.18. The molecule has 0 radical (unpaired) electrons. The number of benzene rings is 2. The van der Waals surface area contributed by atoms with Gasteiger partial charge in [-0.2, -0.15) is 0 Å². The van der Waals surface area contributed by atoms with Crippen LogP contribution in [-0.2, 0) is 0 Å². The summed E-state index contributed by atoms with van der Waals surface area (Å²) in [5, 5.41) is 18.4. The maximum Gasteiger partial charge on any atom is 0.295 e.